The second kappa shape index (κ2) is 7.27. The molecule has 1 amide bonds. The summed E-state index contributed by atoms with van der Waals surface area (Å²) in [6.07, 6.45) is 3.83. The van der Waals surface area contributed by atoms with E-state index in [4.69, 9.17) is 0 Å². The number of aromatic amines is 1. The van der Waals surface area contributed by atoms with Gasteiger partial charge in [-0.05, 0) is 57.0 Å². The van der Waals surface area contributed by atoms with E-state index in [1.165, 1.54) is 19.3 Å². The summed E-state index contributed by atoms with van der Waals surface area (Å²) in [6.45, 7) is 6.86. The third kappa shape index (κ3) is 3.54. The molecule has 2 aromatic rings. The smallest absolute Gasteiger partial charge is 0.272 e. The fourth-order valence-electron chi connectivity index (χ4n) is 4.22. The number of piperidine rings is 1. The number of likely N-dealkylation sites (tertiary alicyclic amines) is 2. The summed E-state index contributed by atoms with van der Waals surface area (Å²) in [5, 5.41) is 6.41. The Morgan fingerprint density at radius 1 is 1.22 bits per heavy atom. The fraction of sp³-hybridized carbons (Fsp3) is 0.476. The van der Waals surface area contributed by atoms with E-state index < -0.39 is 0 Å². The molecule has 1 aromatic heterocycles. The van der Waals surface area contributed by atoms with Crippen molar-refractivity contribution in [2.45, 2.75) is 45.2 Å². The van der Waals surface area contributed by atoms with E-state index in [-0.39, 0.29) is 11.5 Å². The molecule has 6 nitrogen and oxygen atoms in total. The highest BCUT2D eigenvalue weighted by molar-refractivity contribution is 5.96. The zero-order chi connectivity index (χ0) is 19.0. The van der Waals surface area contributed by atoms with Crippen molar-refractivity contribution >= 4 is 5.91 Å². The van der Waals surface area contributed by atoms with E-state index >= 15 is 0 Å². The van der Waals surface area contributed by atoms with Gasteiger partial charge in [0.25, 0.3) is 11.5 Å². The van der Waals surface area contributed by atoms with Crippen molar-refractivity contribution in [1.82, 2.24) is 20.0 Å². The number of carbonyl (C=O) groups excluding carboxylic acids is 1. The van der Waals surface area contributed by atoms with Crippen LogP contribution in [0, 0.1) is 6.92 Å². The van der Waals surface area contributed by atoms with Gasteiger partial charge in [0, 0.05) is 30.7 Å². The number of nitrogens with one attached hydrogen (secondary N) is 1. The van der Waals surface area contributed by atoms with E-state index in [1.54, 1.807) is 6.07 Å². The van der Waals surface area contributed by atoms with Gasteiger partial charge in [-0.2, -0.15) is 5.10 Å². The van der Waals surface area contributed by atoms with Gasteiger partial charge in [0.1, 0.15) is 0 Å². The molecule has 2 aliphatic heterocycles. The third-order valence-electron chi connectivity index (χ3n) is 5.83. The lowest BCUT2D eigenvalue weighted by molar-refractivity contribution is 0.00213. The average molecular weight is 366 g/mol. The van der Waals surface area contributed by atoms with E-state index in [9.17, 15) is 9.59 Å². The molecule has 142 valence electrons. The minimum atomic E-state index is -0.242. The largest absolute Gasteiger partial charge is 0.335 e. The Morgan fingerprint density at radius 3 is 2.81 bits per heavy atom. The van der Waals surface area contributed by atoms with Gasteiger partial charge in [-0.3, -0.25) is 14.5 Å². The van der Waals surface area contributed by atoms with Gasteiger partial charge in [-0.25, -0.2) is 5.10 Å². The number of hydrogen-bond acceptors (Lipinski definition) is 4. The molecule has 2 fully saturated rings. The van der Waals surface area contributed by atoms with Crippen LogP contribution >= 0.6 is 0 Å². The summed E-state index contributed by atoms with van der Waals surface area (Å²) in [6, 6.07) is 10.2. The van der Waals surface area contributed by atoms with Crippen LogP contribution in [-0.4, -0.2) is 57.6 Å². The predicted octanol–water partition coefficient (Wildman–Crippen LogP) is 2.44. The third-order valence-corrected chi connectivity index (χ3v) is 5.83. The number of aromatic nitrogens is 2. The van der Waals surface area contributed by atoms with Gasteiger partial charge in [-0.15, -0.1) is 0 Å². The fourth-order valence-corrected chi connectivity index (χ4v) is 4.22. The second-order valence-corrected chi connectivity index (χ2v) is 7.78. The monoisotopic (exact) mass is 366 g/mol. The first-order valence-electron chi connectivity index (χ1n) is 9.74. The molecule has 1 unspecified atom stereocenters. The Kier molecular flexibility index (Phi) is 4.83. The molecule has 27 heavy (non-hydrogen) atoms. The number of nitrogens with zero attached hydrogens (tertiary/aromatic N) is 3. The summed E-state index contributed by atoms with van der Waals surface area (Å²) in [7, 11) is 0. The van der Waals surface area contributed by atoms with Crippen LogP contribution in [0.15, 0.2) is 35.1 Å². The standard InChI is InChI=1S/C21H26N4O2/c1-14-10-19(20(26)23-22-14)16-7-5-8-17(11-16)21(27)24-12-18(13-24)25-9-4-3-6-15(25)2/h5,7-8,10-11,15,18H,3-4,6,9,12-13H2,1-2H3,(H,23,26). The Morgan fingerprint density at radius 2 is 2.04 bits per heavy atom. The molecule has 6 heteroatoms. The predicted molar refractivity (Wildman–Crippen MR) is 105 cm³/mol. The van der Waals surface area contributed by atoms with Gasteiger partial charge < -0.3 is 4.90 Å². The SMILES string of the molecule is Cc1cc(-c2cccc(C(=O)N3CC(N4CCCCC4C)C3)c2)c(=O)[nH]n1. The molecule has 2 aliphatic rings. The van der Waals surface area contributed by atoms with E-state index in [0.29, 0.717) is 23.2 Å². The second-order valence-electron chi connectivity index (χ2n) is 7.78. The zero-order valence-electron chi connectivity index (χ0n) is 15.9. The number of carbonyl (C=O) groups is 1. The number of H-pyrrole nitrogens is 1. The minimum Gasteiger partial charge on any atom is -0.335 e. The lowest BCUT2D eigenvalue weighted by Crippen LogP contribution is -2.63. The lowest BCUT2D eigenvalue weighted by atomic mass is 9.96. The molecule has 0 spiro atoms. The summed E-state index contributed by atoms with van der Waals surface area (Å²) in [5.41, 5.74) is 2.41. The summed E-state index contributed by atoms with van der Waals surface area (Å²) in [5.74, 6) is 0.0416. The van der Waals surface area contributed by atoms with Crippen LogP contribution < -0.4 is 5.56 Å². The Balaban J connectivity index is 1.47. The van der Waals surface area contributed by atoms with Gasteiger partial charge >= 0.3 is 0 Å². The van der Waals surface area contributed by atoms with Gasteiger partial charge in [0.2, 0.25) is 0 Å². The topological polar surface area (TPSA) is 69.3 Å². The Hall–Kier alpha value is -2.47. The van der Waals surface area contributed by atoms with Crippen LogP contribution in [0.25, 0.3) is 11.1 Å². The first-order valence-corrected chi connectivity index (χ1v) is 9.74. The van der Waals surface area contributed by atoms with Crippen LogP contribution in [0.4, 0.5) is 0 Å². The van der Waals surface area contributed by atoms with Gasteiger partial charge in [-0.1, -0.05) is 18.6 Å². The van der Waals surface area contributed by atoms with Gasteiger partial charge in [0.05, 0.1) is 11.3 Å². The molecule has 0 saturated carbocycles. The van der Waals surface area contributed by atoms with Crippen LogP contribution in [0.3, 0.4) is 0 Å². The molecule has 0 bridgehead atoms. The Bertz CT molecular complexity index is 901. The van der Waals surface area contributed by atoms with Crippen molar-refractivity contribution in [1.29, 1.82) is 0 Å². The molecule has 0 radical (unpaired) electrons. The molecule has 1 atom stereocenters. The van der Waals surface area contributed by atoms with Crippen LogP contribution in [-0.2, 0) is 0 Å². The summed E-state index contributed by atoms with van der Waals surface area (Å²) >= 11 is 0. The molecule has 2 saturated heterocycles. The van der Waals surface area contributed by atoms with Crippen LogP contribution in [0.2, 0.25) is 0 Å². The van der Waals surface area contributed by atoms with E-state index in [1.807, 2.05) is 36.1 Å². The maximum Gasteiger partial charge on any atom is 0.272 e. The number of hydrogen-bond donors (Lipinski definition) is 1. The maximum absolute atomic E-state index is 12.9. The molecule has 3 heterocycles. The normalized spacial score (nSPS) is 21.1. The summed E-state index contributed by atoms with van der Waals surface area (Å²) < 4.78 is 0. The quantitative estimate of drug-likeness (QED) is 0.906. The highest BCUT2D eigenvalue weighted by atomic mass is 16.2. The average Bonchev–Trinajstić information content (AvgIpc) is 2.64. The molecular formula is C21H26N4O2. The van der Waals surface area contributed by atoms with Crippen molar-refractivity contribution in [2.24, 2.45) is 0 Å². The van der Waals surface area contributed by atoms with E-state index in [2.05, 4.69) is 22.0 Å². The first kappa shape index (κ1) is 17.9. The molecule has 1 aromatic carbocycles. The maximum atomic E-state index is 12.9. The van der Waals surface area contributed by atoms with Crippen molar-refractivity contribution in [3.8, 4) is 11.1 Å². The first-order chi connectivity index (χ1) is 13.0. The number of benzene rings is 1. The zero-order valence-corrected chi connectivity index (χ0v) is 15.9. The van der Waals surface area contributed by atoms with Crippen molar-refractivity contribution in [2.75, 3.05) is 19.6 Å². The molecule has 1 N–H and O–H groups in total. The highest BCUT2D eigenvalue weighted by Crippen LogP contribution is 2.26. The highest BCUT2D eigenvalue weighted by Gasteiger charge is 2.37. The molecular weight excluding hydrogens is 340 g/mol. The number of rotatable bonds is 3. The van der Waals surface area contributed by atoms with Crippen LogP contribution in [0.1, 0.15) is 42.2 Å². The van der Waals surface area contributed by atoms with Crippen molar-refractivity contribution in [3.63, 3.8) is 0 Å². The van der Waals surface area contributed by atoms with Gasteiger partial charge in [0.15, 0.2) is 0 Å². The van der Waals surface area contributed by atoms with Crippen molar-refractivity contribution in [3.05, 3.63) is 51.9 Å². The lowest BCUT2D eigenvalue weighted by Gasteiger charge is -2.49. The van der Waals surface area contributed by atoms with E-state index in [0.717, 1.165) is 30.9 Å². The van der Waals surface area contributed by atoms with Crippen LogP contribution in [0.5, 0.6) is 0 Å². The number of amides is 1. The summed E-state index contributed by atoms with van der Waals surface area (Å²) in [4.78, 5) is 29.4. The number of aryl methyl sites for hydroxylation is 1. The minimum absolute atomic E-state index is 0.0416. The van der Waals surface area contributed by atoms with Crippen molar-refractivity contribution < 1.29 is 4.79 Å². The Labute approximate surface area is 159 Å². The molecule has 0 aliphatic carbocycles. The molecule has 4 rings (SSSR count).